The van der Waals surface area contributed by atoms with Gasteiger partial charge in [-0.15, -0.1) is 0 Å². The number of aliphatic carboxylic acids is 1. The molecule has 0 unspecified atom stereocenters. The molecule has 0 aromatic heterocycles. The summed E-state index contributed by atoms with van der Waals surface area (Å²) in [5.41, 5.74) is 5.56. The lowest BCUT2D eigenvalue weighted by Crippen LogP contribution is -2.51. The summed E-state index contributed by atoms with van der Waals surface area (Å²) in [5, 5.41) is 7.42. The Balaban J connectivity index is 0.000000444. The van der Waals surface area contributed by atoms with Crippen LogP contribution in [-0.2, 0) is 9.53 Å². The minimum absolute atomic E-state index is 0.160. The molecule has 1 amide bonds. The molecule has 2 saturated heterocycles. The molecule has 2 aliphatic heterocycles. The summed E-state index contributed by atoms with van der Waals surface area (Å²) >= 11 is 0. The minimum atomic E-state index is -0.833. The Bertz CT molecular complexity index is 347. The van der Waals surface area contributed by atoms with Crippen LogP contribution in [0, 0.1) is 0 Å². The van der Waals surface area contributed by atoms with Crippen LogP contribution in [0.1, 0.15) is 53.4 Å². The van der Waals surface area contributed by atoms with Crippen molar-refractivity contribution in [2.24, 2.45) is 5.73 Å². The molecule has 0 aromatic rings. The topological polar surface area (TPSA) is 92.9 Å². The number of nitrogens with zero attached hydrogens (tertiary/aromatic N) is 1. The lowest BCUT2D eigenvalue weighted by atomic mass is 9.99. The largest absolute Gasteiger partial charge is 0.481 e. The summed E-state index contributed by atoms with van der Waals surface area (Å²) in [6.45, 7) is 6.80. The highest BCUT2D eigenvalue weighted by Crippen LogP contribution is 2.36. The van der Waals surface area contributed by atoms with Gasteiger partial charge < -0.3 is 20.5 Å². The number of amides is 1. The van der Waals surface area contributed by atoms with Gasteiger partial charge in [0, 0.05) is 25.0 Å². The number of ether oxygens (including phenoxy) is 1. The van der Waals surface area contributed by atoms with Crippen LogP contribution in [0.4, 0.5) is 4.79 Å². The van der Waals surface area contributed by atoms with Crippen molar-refractivity contribution in [2.45, 2.75) is 77.1 Å². The van der Waals surface area contributed by atoms with Crippen molar-refractivity contribution in [2.75, 3.05) is 0 Å². The van der Waals surface area contributed by atoms with Crippen LogP contribution in [0.3, 0.4) is 0 Å². The van der Waals surface area contributed by atoms with Gasteiger partial charge in [-0.3, -0.25) is 4.79 Å². The summed E-state index contributed by atoms with van der Waals surface area (Å²) in [6.07, 6.45) is 3.85. The molecular weight excluding hydrogens is 260 g/mol. The molecule has 2 atom stereocenters. The maximum Gasteiger partial charge on any atom is 0.410 e. The van der Waals surface area contributed by atoms with E-state index in [4.69, 9.17) is 20.4 Å². The van der Waals surface area contributed by atoms with E-state index < -0.39 is 11.6 Å². The van der Waals surface area contributed by atoms with Crippen LogP contribution >= 0.6 is 0 Å². The first-order valence-electron chi connectivity index (χ1n) is 7.06. The van der Waals surface area contributed by atoms with Crippen LogP contribution in [-0.4, -0.2) is 45.8 Å². The lowest BCUT2D eigenvalue weighted by molar-refractivity contribution is -0.134. The Morgan fingerprint density at radius 1 is 1.20 bits per heavy atom. The summed E-state index contributed by atoms with van der Waals surface area (Å²) in [5.74, 6) is -0.833. The van der Waals surface area contributed by atoms with Gasteiger partial charge in [0.25, 0.3) is 5.97 Å². The van der Waals surface area contributed by atoms with Gasteiger partial charge in [0.15, 0.2) is 0 Å². The van der Waals surface area contributed by atoms with Crippen LogP contribution in [0.5, 0.6) is 0 Å². The first-order chi connectivity index (χ1) is 9.10. The summed E-state index contributed by atoms with van der Waals surface area (Å²) in [4.78, 5) is 23.0. The molecule has 2 heterocycles. The number of hydrogen-bond donors (Lipinski definition) is 2. The van der Waals surface area contributed by atoms with Crippen molar-refractivity contribution < 1.29 is 19.4 Å². The predicted molar refractivity (Wildman–Crippen MR) is 75.4 cm³/mol. The first-order valence-corrected chi connectivity index (χ1v) is 7.06. The van der Waals surface area contributed by atoms with Crippen molar-refractivity contribution >= 4 is 12.1 Å². The molecule has 0 saturated carbocycles. The molecule has 116 valence electrons. The predicted octanol–water partition coefficient (Wildman–Crippen LogP) is 1.97. The highest BCUT2D eigenvalue weighted by molar-refractivity contribution is 5.69. The zero-order valence-corrected chi connectivity index (χ0v) is 12.8. The van der Waals surface area contributed by atoms with Crippen molar-refractivity contribution in [3.63, 3.8) is 0 Å². The molecule has 2 rings (SSSR count). The van der Waals surface area contributed by atoms with E-state index in [2.05, 4.69) is 0 Å². The highest BCUT2D eigenvalue weighted by atomic mass is 16.6. The van der Waals surface area contributed by atoms with E-state index in [-0.39, 0.29) is 12.1 Å². The fraction of sp³-hybridized carbons (Fsp3) is 0.857. The van der Waals surface area contributed by atoms with E-state index in [9.17, 15) is 4.79 Å². The normalized spacial score (nSPS) is 28.4. The van der Waals surface area contributed by atoms with Crippen LogP contribution in [0.2, 0.25) is 0 Å². The standard InChI is InChI=1S/C12H22N2O2.C2H4O2/c1-12(2,3)16-11(15)14-9-4-5-10(14)7-8(13)6-9;1-2(3)4/h8-10H,4-7,13H2,1-3H3;1H3,(H,3,4)/t9-,10-;/m0./s1. The molecule has 0 aromatic carbocycles. The second kappa shape index (κ2) is 6.43. The molecule has 20 heavy (non-hydrogen) atoms. The third kappa shape index (κ3) is 5.00. The Morgan fingerprint density at radius 3 is 1.95 bits per heavy atom. The second-order valence-corrected chi connectivity index (χ2v) is 6.52. The average molecular weight is 286 g/mol. The Morgan fingerprint density at radius 2 is 1.60 bits per heavy atom. The van der Waals surface area contributed by atoms with Gasteiger partial charge in [0.1, 0.15) is 5.60 Å². The molecule has 6 nitrogen and oxygen atoms in total. The van der Waals surface area contributed by atoms with Crippen molar-refractivity contribution in [3.05, 3.63) is 0 Å². The number of carbonyl (C=O) groups is 2. The molecule has 2 fully saturated rings. The number of carboxylic acid groups (broad SMARTS) is 1. The number of fused-ring (bicyclic) bond motifs is 2. The van der Waals surface area contributed by atoms with Crippen LogP contribution in [0.25, 0.3) is 0 Å². The van der Waals surface area contributed by atoms with Crippen molar-refractivity contribution in [1.82, 2.24) is 4.90 Å². The number of carboxylic acids is 1. The third-order valence-electron chi connectivity index (χ3n) is 3.37. The summed E-state index contributed by atoms with van der Waals surface area (Å²) in [7, 11) is 0. The monoisotopic (exact) mass is 286 g/mol. The number of rotatable bonds is 0. The number of nitrogens with two attached hydrogens (primary N) is 1. The Labute approximate surface area is 120 Å². The Hall–Kier alpha value is -1.30. The maximum absolute atomic E-state index is 12.0. The van der Waals surface area contributed by atoms with E-state index in [1.807, 2.05) is 25.7 Å². The second-order valence-electron chi connectivity index (χ2n) is 6.52. The van der Waals surface area contributed by atoms with Gasteiger partial charge in [0.05, 0.1) is 0 Å². The van der Waals surface area contributed by atoms with Gasteiger partial charge in [0.2, 0.25) is 0 Å². The lowest BCUT2D eigenvalue weighted by Gasteiger charge is -2.38. The van der Waals surface area contributed by atoms with Gasteiger partial charge in [-0.2, -0.15) is 0 Å². The SMILES string of the molecule is CC(=O)O.CC(C)(C)OC(=O)N1[C@H]2CC[C@H]1CC(N)C2. The number of piperidine rings is 1. The molecule has 0 spiro atoms. The van der Waals surface area contributed by atoms with Crippen molar-refractivity contribution in [1.29, 1.82) is 0 Å². The summed E-state index contributed by atoms with van der Waals surface area (Å²) in [6, 6.07) is 0.878. The number of carbonyl (C=O) groups excluding carboxylic acids is 1. The highest BCUT2D eigenvalue weighted by Gasteiger charge is 2.43. The van der Waals surface area contributed by atoms with E-state index in [0.29, 0.717) is 12.1 Å². The molecule has 0 radical (unpaired) electrons. The zero-order chi connectivity index (χ0) is 15.5. The van der Waals surface area contributed by atoms with Gasteiger partial charge >= 0.3 is 6.09 Å². The van der Waals surface area contributed by atoms with E-state index in [1.54, 1.807) is 0 Å². The fourth-order valence-electron chi connectivity index (χ4n) is 2.83. The fourth-order valence-corrected chi connectivity index (χ4v) is 2.83. The van der Waals surface area contributed by atoms with Gasteiger partial charge in [-0.1, -0.05) is 0 Å². The van der Waals surface area contributed by atoms with Gasteiger partial charge in [-0.05, 0) is 46.5 Å². The first kappa shape index (κ1) is 16.8. The Kier molecular flexibility index (Phi) is 5.39. The molecular formula is C14H26N2O4. The summed E-state index contributed by atoms with van der Waals surface area (Å²) < 4.78 is 5.44. The molecule has 3 N–H and O–H groups in total. The quantitative estimate of drug-likeness (QED) is 0.710. The smallest absolute Gasteiger partial charge is 0.410 e. The molecule has 0 aliphatic carbocycles. The zero-order valence-electron chi connectivity index (χ0n) is 12.8. The molecule has 2 bridgehead atoms. The van der Waals surface area contributed by atoms with Crippen molar-refractivity contribution in [3.8, 4) is 0 Å². The minimum Gasteiger partial charge on any atom is -0.481 e. The van der Waals surface area contributed by atoms with Crippen LogP contribution in [0.15, 0.2) is 0 Å². The molecule has 2 aliphatic rings. The average Bonchev–Trinajstić information content (AvgIpc) is 2.48. The van der Waals surface area contributed by atoms with Gasteiger partial charge in [-0.25, -0.2) is 4.79 Å². The molecule has 6 heteroatoms. The van der Waals surface area contributed by atoms with Crippen LogP contribution < -0.4 is 5.73 Å². The van der Waals surface area contributed by atoms with E-state index in [1.165, 1.54) is 0 Å². The van der Waals surface area contributed by atoms with E-state index in [0.717, 1.165) is 32.6 Å². The maximum atomic E-state index is 12.0. The third-order valence-corrected chi connectivity index (χ3v) is 3.37. The number of hydrogen-bond acceptors (Lipinski definition) is 4. The van der Waals surface area contributed by atoms with E-state index >= 15 is 0 Å².